The number of aliphatic imine (C=N–C) groups is 1. The van der Waals surface area contributed by atoms with Crippen LogP contribution in [0.5, 0.6) is 5.75 Å². The average molecular weight is 469 g/mol. The Hall–Kier alpha value is -2.99. The fraction of sp³-hybridized carbons (Fsp3) is 0.500. The Bertz CT molecular complexity index is 785. The molecule has 3 atom stereocenters. The molecule has 0 bridgehead atoms. The zero-order chi connectivity index (χ0) is 24.1. The summed E-state index contributed by atoms with van der Waals surface area (Å²) in [5, 5.41) is 23.9. The molecule has 0 heterocycles. The topological polar surface area (TPSA) is 206 Å². The van der Waals surface area contributed by atoms with Crippen LogP contribution in [0.3, 0.4) is 0 Å². The van der Waals surface area contributed by atoms with Crippen LogP contribution in [-0.2, 0) is 20.8 Å². The average Bonchev–Trinajstić information content (AvgIpc) is 2.74. The van der Waals surface area contributed by atoms with Gasteiger partial charge in [-0.15, -0.1) is 0 Å². The number of nitrogens with one attached hydrogen (secondary N) is 2. The molecule has 0 aliphatic rings. The van der Waals surface area contributed by atoms with Gasteiger partial charge in [-0.25, -0.2) is 4.79 Å². The van der Waals surface area contributed by atoms with Gasteiger partial charge < -0.3 is 38.0 Å². The molecule has 2 amide bonds. The van der Waals surface area contributed by atoms with E-state index >= 15 is 0 Å². The molecule has 11 nitrogen and oxygen atoms in total. The van der Waals surface area contributed by atoms with Crippen molar-refractivity contribution in [3.05, 3.63) is 29.8 Å². The van der Waals surface area contributed by atoms with E-state index in [1.807, 2.05) is 6.26 Å². The number of thioether (sulfide) groups is 1. The zero-order valence-electron chi connectivity index (χ0n) is 18.0. The van der Waals surface area contributed by atoms with Gasteiger partial charge in [-0.3, -0.25) is 14.6 Å². The maximum Gasteiger partial charge on any atom is 0.326 e. The molecule has 178 valence electrons. The van der Waals surface area contributed by atoms with Crippen LogP contribution in [0.25, 0.3) is 0 Å². The van der Waals surface area contributed by atoms with Gasteiger partial charge in [0.15, 0.2) is 5.96 Å². The van der Waals surface area contributed by atoms with Crippen molar-refractivity contribution in [1.82, 2.24) is 10.6 Å². The van der Waals surface area contributed by atoms with Crippen LogP contribution >= 0.6 is 11.8 Å². The Labute approximate surface area is 191 Å². The molecule has 12 heteroatoms. The summed E-state index contributed by atoms with van der Waals surface area (Å²) in [7, 11) is 0. The first-order chi connectivity index (χ1) is 15.1. The van der Waals surface area contributed by atoms with Gasteiger partial charge in [0, 0.05) is 6.54 Å². The van der Waals surface area contributed by atoms with E-state index in [4.69, 9.17) is 17.2 Å². The number of nitrogens with two attached hydrogens (primary N) is 3. The van der Waals surface area contributed by atoms with E-state index in [0.717, 1.165) is 5.56 Å². The maximum absolute atomic E-state index is 12.7. The molecule has 32 heavy (non-hydrogen) atoms. The number of amides is 2. The number of hydrogen-bond donors (Lipinski definition) is 7. The van der Waals surface area contributed by atoms with Crippen molar-refractivity contribution in [2.75, 3.05) is 18.6 Å². The number of rotatable bonds is 14. The number of aliphatic carboxylic acids is 1. The third kappa shape index (κ3) is 10.4. The van der Waals surface area contributed by atoms with Gasteiger partial charge in [0.05, 0.1) is 6.04 Å². The van der Waals surface area contributed by atoms with Crippen LogP contribution in [0.4, 0.5) is 0 Å². The molecule has 0 fully saturated rings. The molecule has 0 aliphatic carbocycles. The molecule has 0 spiro atoms. The largest absolute Gasteiger partial charge is 0.508 e. The lowest BCUT2D eigenvalue weighted by Crippen LogP contribution is -2.55. The highest BCUT2D eigenvalue weighted by Gasteiger charge is 2.27. The van der Waals surface area contributed by atoms with E-state index in [0.29, 0.717) is 18.6 Å². The maximum atomic E-state index is 12.7. The van der Waals surface area contributed by atoms with Gasteiger partial charge >= 0.3 is 5.97 Å². The molecule has 0 aromatic heterocycles. The Morgan fingerprint density at radius 1 is 1.06 bits per heavy atom. The SMILES string of the molecule is CSCC[C@H](NC(=O)[C@@H](N)Cc1ccc(O)cc1)C(=O)N[C@@H](CCCN=C(N)N)C(=O)O. The lowest BCUT2D eigenvalue weighted by Gasteiger charge is -2.23. The third-order valence-electron chi connectivity index (χ3n) is 4.53. The van der Waals surface area contributed by atoms with Crippen molar-refractivity contribution in [1.29, 1.82) is 0 Å². The fourth-order valence-electron chi connectivity index (χ4n) is 2.80. The number of phenolic OH excluding ortho intramolecular Hbond substituents is 1. The summed E-state index contributed by atoms with van der Waals surface area (Å²) >= 11 is 1.49. The molecule has 1 aromatic carbocycles. The van der Waals surface area contributed by atoms with Crippen LogP contribution in [0.2, 0.25) is 0 Å². The highest BCUT2D eigenvalue weighted by Crippen LogP contribution is 2.11. The summed E-state index contributed by atoms with van der Waals surface area (Å²) in [4.78, 5) is 40.6. The quantitative estimate of drug-likeness (QED) is 0.103. The minimum Gasteiger partial charge on any atom is -0.508 e. The monoisotopic (exact) mass is 468 g/mol. The van der Waals surface area contributed by atoms with E-state index < -0.39 is 35.9 Å². The normalized spacial score (nSPS) is 13.4. The molecular weight excluding hydrogens is 436 g/mol. The first-order valence-electron chi connectivity index (χ1n) is 10.1. The van der Waals surface area contributed by atoms with Crippen molar-refractivity contribution in [3.8, 4) is 5.75 Å². The van der Waals surface area contributed by atoms with Gasteiger partial charge in [-0.1, -0.05) is 12.1 Å². The number of hydrogen-bond acceptors (Lipinski definition) is 7. The highest BCUT2D eigenvalue weighted by molar-refractivity contribution is 7.98. The van der Waals surface area contributed by atoms with Crippen molar-refractivity contribution in [2.24, 2.45) is 22.2 Å². The first kappa shape index (κ1) is 27.0. The van der Waals surface area contributed by atoms with Gasteiger partial charge in [0.1, 0.15) is 17.8 Å². The van der Waals surface area contributed by atoms with Gasteiger partial charge in [-0.2, -0.15) is 11.8 Å². The Morgan fingerprint density at radius 2 is 1.69 bits per heavy atom. The first-order valence-corrected chi connectivity index (χ1v) is 11.4. The number of aromatic hydroxyl groups is 1. The van der Waals surface area contributed by atoms with Gasteiger partial charge in [-0.05, 0) is 55.4 Å². The second-order valence-corrected chi connectivity index (χ2v) is 8.15. The van der Waals surface area contributed by atoms with E-state index in [9.17, 15) is 24.6 Å². The summed E-state index contributed by atoms with van der Waals surface area (Å²) in [6.45, 7) is 0.237. The van der Waals surface area contributed by atoms with Crippen LogP contribution < -0.4 is 27.8 Å². The molecule has 0 aliphatic heterocycles. The minimum absolute atomic E-state index is 0.0932. The van der Waals surface area contributed by atoms with Gasteiger partial charge in [0.25, 0.3) is 0 Å². The number of carbonyl (C=O) groups excluding carboxylic acids is 2. The summed E-state index contributed by atoms with van der Waals surface area (Å²) < 4.78 is 0. The number of phenols is 1. The number of nitrogens with zero attached hydrogens (tertiary/aromatic N) is 1. The Balaban J connectivity index is 2.73. The molecule has 0 radical (unpaired) electrons. The summed E-state index contributed by atoms with van der Waals surface area (Å²) in [5.41, 5.74) is 17.2. The molecule has 1 aromatic rings. The fourth-order valence-corrected chi connectivity index (χ4v) is 3.27. The third-order valence-corrected chi connectivity index (χ3v) is 5.18. The lowest BCUT2D eigenvalue weighted by molar-refractivity contribution is -0.142. The van der Waals surface area contributed by atoms with Gasteiger partial charge in [0.2, 0.25) is 11.8 Å². The van der Waals surface area contributed by atoms with E-state index in [-0.39, 0.29) is 31.1 Å². The lowest BCUT2D eigenvalue weighted by atomic mass is 10.0. The Kier molecular flexibility index (Phi) is 12.0. The smallest absolute Gasteiger partial charge is 0.326 e. The minimum atomic E-state index is -1.19. The molecule has 10 N–H and O–H groups in total. The second-order valence-electron chi connectivity index (χ2n) is 7.17. The number of guanidine groups is 1. The number of carboxylic acid groups (broad SMARTS) is 1. The molecule has 1 rings (SSSR count). The van der Waals surface area contributed by atoms with E-state index in [1.165, 1.54) is 23.9 Å². The van der Waals surface area contributed by atoms with Crippen molar-refractivity contribution in [2.45, 2.75) is 43.8 Å². The number of carbonyl (C=O) groups is 3. The predicted molar refractivity (Wildman–Crippen MR) is 124 cm³/mol. The standard InChI is InChI=1S/C20H32N6O5S/c1-32-10-8-15(18(29)26-16(19(30)31)3-2-9-24-20(22)23)25-17(28)14(21)11-12-4-6-13(27)7-5-12/h4-7,14-16,27H,2-3,8-11,21H2,1H3,(H,25,28)(H,26,29)(H,30,31)(H4,22,23,24)/t14-,15-,16-/m0/s1. The molecule has 0 unspecified atom stereocenters. The number of carboxylic acids is 1. The van der Waals surface area contributed by atoms with Crippen LogP contribution in [-0.4, -0.2) is 70.6 Å². The molecule has 0 saturated heterocycles. The van der Waals surface area contributed by atoms with Crippen LogP contribution in [0, 0.1) is 0 Å². The second kappa shape index (κ2) is 14.1. The van der Waals surface area contributed by atoms with E-state index in [2.05, 4.69) is 15.6 Å². The molecular formula is C20H32N6O5S. The zero-order valence-corrected chi connectivity index (χ0v) is 18.8. The van der Waals surface area contributed by atoms with Crippen LogP contribution in [0.15, 0.2) is 29.3 Å². The summed E-state index contributed by atoms with van der Waals surface area (Å²) in [6, 6.07) is 3.30. The summed E-state index contributed by atoms with van der Waals surface area (Å²) in [5.74, 6) is -1.73. The Morgan fingerprint density at radius 3 is 2.25 bits per heavy atom. The summed E-state index contributed by atoms with van der Waals surface area (Å²) in [6.07, 6.45) is 2.86. The van der Waals surface area contributed by atoms with Crippen molar-refractivity contribution in [3.63, 3.8) is 0 Å². The van der Waals surface area contributed by atoms with Crippen molar-refractivity contribution < 1.29 is 24.6 Å². The highest BCUT2D eigenvalue weighted by atomic mass is 32.2. The van der Waals surface area contributed by atoms with Crippen LogP contribution in [0.1, 0.15) is 24.8 Å². The number of benzene rings is 1. The molecule has 0 saturated carbocycles. The van der Waals surface area contributed by atoms with Crippen molar-refractivity contribution >= 4 is 35.5 Å². The predicted octanol–water partition coefficient (Wildman–Crippen LogP) is -0.877. The van der Waals surface area contributed by atoms with E-state index in [1.54, 1.807) is 12.1 Å².